The van der Waals surface area contributed by atoms with Gasteiger partial charge < -0.3 is 9.47 Å². The first-order valence-corrected chi connectivity index (χ1v) is 7.62. The molecule has 0 atom stereocenters. The second-order valence-corrected chi connectivity index (χ2v) is 5.09. The van der Waals surface area contributed by atoms with Crippen LogP contribution in [0.1, 0.15) is 11.1 Å². The van der Waals surface area contributed by atoms with Crippen LogP contribution >= 0.6 is 0 Å². The SMILES string of the molecule is Cc1ccccc1OCCOc1ccccc1/C=N/n1cnnc1. The van der Waals surface area contributed by atoms with Crippen molar-refractivity contribution in [2.45, 2.75) is 6.92 Å². The Morgan fingerprint density at radius 2 is 1.54 bits per heavy atom. The molecule has 1 heterocycles. The number of aryl methyl sites for hydroxylation is 1. The van der Waals surface area contributed by atoms with Crippen molar-refractivity contribution in [3.63, 3.8) is 0 Å². The van der Waals surface area contributed by atoms with Crippen LogP contribution in [0.25, 0.3) is 0 Å². The Balaban J connectivity index is 1.56. The number of aromatic nitrogens is 3. The summed E-state index contributed by atoms with van der Waals surface area (Å²) >= 11 is 0. The van der Waals surface area contributed by atoms with E-state index in [0.29, 0.717) is 13.2 Å². The van der Waals surface area contributed by atoms with Gasteiger partial charge in [-0.1, -0.05) is 30.3 Å². The summed E-state index contributed by atoms with van der Waals surface area (Å²) in [6, 6.07) is 15.6. The summed E-state index contributed by atoms with van der Waals surface area (Å²) < 4.78 is 13.1. The molecule has 0 amide bonds. The van der Waals surface area contributed by atoms with Gasteiger partial charge in [0, 0.05) is 5.56 Å². The van der Waals surface area contributed by atoms with Gasteiger partial charge in [0.25, 0.3) is 0 Å². The Kier molecular flexibility index (Phi) is 5.19. The minimum atomic E-state index is 0.450. The summed E-state index contributed by atoms with van der Waals surface area (Å²) in [6.45, 7) is 2.94. The highest BCUT2D eigenvalue weighted by Gasteiger charge is 2.02. The van der Waals surface area contributed by atoms with Crippen LogP contribution < -0.4 is 9.47 Å². The van der Waals surface area contributed by atoms with Crippen molar-refractivity contribution in [2.75, 3.05) is 13.2 Å². The monoisotopic (exact) mass is 322 g/mol. The van der Waals surface area contributed by atoms with Crippen molar-refractivity contribution in [3.8, 4) is 11.5 Å². The van der Waals surface area contributed by atoms with E-state index in [1.54, 1.807) is 6.21 Å². The molecule has 1 aromatic heterocycles. The van der Waals surface area contributed by atoms with Gasteiger partial charge in [-0.15, -0.1) is 10.2 Å². The zero-order chi connectivity index (χ0) is 16.6. The highest BCUT2D eigenvalue weighted by Crippen LogP contribution is 2.18. The molecule has 0 radical (unpaired) electrons. The first kappa shape index (κ1) is 15.7. The van der Waals surface area contributed by atoms with Crippen LogP contribution in [0.4, 0.5) is 0 Å². The molecule has 0 aliphatic heterocycles. The van der Waals surface area contributed by atoms with Crippen LogP contribution in [-0.2, 0) is 0 Å². The lowest BCUT2D eigenvalue weighted by atomic mass is 10.2. The number of para-hydroxylation sites is 2. The fraction of sp³-hybridized carbons (Fsp3) is 0.167. The molecule has 0 fully saturated rings. The lowest BCUT2D eigenvalue weighted by Gasteiger charge is -2.11. The van der Waals surface area contributed by atoms with E-state index < -0.39 is 0 Å². The largest absolute Gasteiger partial charge is 0.490 e. The molecule has 0 saturated heterocycles. The quantitative estimate of drug-likeness (QED) is 0.496. The molecule has 24 heavy (non-hydrogen) atoms. The second-order valence-electron chi connectivity index (χ2n) is 5.09. The fourth-order valence-corrected chi connectivity index (χ4v) is 2.12. The Morgan fingerprint density at radius 1 is 0.917 bits per heavy atom. The van der Waals surface area contributed by atoms with Gasteiger partial charge in [-0.05, 0) is 30.7 Å². The highest BCUT2D eigenvalue weighted by atomic mass is 16.5. The molecule has 0 spiro atoms. The Morgan fingerprint density at radius 3 is 2.29 bits per heavy atom. The number of ether oxygens (including phenoxy) is 2. The van der Waals surface area contributed by atoms with Gasteiger partial charge in [-0.25, -0.2) is 4.68 Å². The topological polar surface area (TPSA) is 61.5 Å². The van der Waals surface area contributed by atoms with Crippen molar-refractivity contribution in [2.24, 2.45) is 5.10 Å². The third kappa shape index (κ3) is 4.19. The normalized spacial score (nSPS) is 10.9. The molecule has 0 N–H and O–H groups in total. The molecule has 6 heteroatoms. The van der Waals surface area contributed by atoms with Gasteiger partial charge >= 0.3 is 0 Å². The minimum absolute atomic E-state index is 0.450. The molecule has 0 saturated carbocycles. The van der Waals surface area contributed by atoms with Gasteiger partial charge in [-0.2, -0.15) is 5.10 Å². The average Bonchev–Trinajstić information content (AvgIpc) is 3.13. The van der Waals surface area contributed by atoms with Crippen molar-refractivity contribution in [3.05, 3.63) is 72.3 Å². The lowest BCUT2D eigenvalue weighted by Crippen LogP contribution is -2.10. The summed E-state index contributed by atoms with van der Waals surface area (Å²) in [7, 11) is 0. The zero-order valence-electron chi connectivity index (χ0n) is 13.4. The molecule has 6 nitrogen and oxygen atoms in total. The van der Waals surface area contributed by atoms with E-state index in [1.165, 1.54) is 17.3 Å². The molecule has 2 aromatic carbocycles. The summed E-state index contributed by atoms with van der Waals surface area (Å²) in [4.78, 5) is 0. The maximum atomic E-state index is 5.81. The summed E-state index contributed by atoms with van der Waals surface area (Å²) in [5, 5.41) is 11.6. The zero-order valence-corrected chi connectivity index (χ0v) is 13.4. The fourth-order valence-electron chi connectivity index (χ4n) is 2.12. The Bertz CT molecular complexity index is 800. The van der Waals surface area contributed by atoms with Gasteiger partial charge in [0.2, 0.25) is 0 Å². The molecule has 3 aromatic rings. The predicted octanol–water partition coefficient (Wildman–Crippen LogP) is 2.93. The van der Waals surface area contributed by atoms with E-state index in [0.717, 1.165) is 22.6 Å². The number of nitrogens with zero attached hydrogens (tertiary/aromatic N) is 4. The van der Waals surface area contributed by atoms with Crippen LogP contribution in [0, 0.1) is 6.92 Å². The van der Waals surface area contributed by atoms with E-state index in [4.69, 9.17) is 9.47 Å². The van der Waals surface area contributed by atoms with Crippen LogP contribution in [0.3, 0.4) is 0 Å². The average molecular weight is 322 g/mol. The molecule has 0 unspecified atom stereocenters. The van der Waals surface area contributed by atoms with E-state index in [-0.39, 0.29) is 0 Å². The lowest BCUT2D eigenvalue weighted by molar-refractivity contribution is 0.216. The molecule has 3 rings (SSSR count). The third-order valence-corrected chi connectivity index (χ3v) is 3.35. The van der Waals surface area contributed by atoms with Crippen LogP contribution in [0.5, 0.6) is 11.5 Å². The van der Waals surface area contributed by atoms with Crippen LogP contribution in [-0.4, -0.2) is 34.3 Å². The summed E-state index contributed by atoms with van der Waals surface area (Å²) in [5.41, 5.74) is 1.99. The van der Waals surface area contributed by atoms with E-state index >= 15 is 0 Å². The van der Waals surface area contributed by atoms with E-state index in [9.17, 15) is 0 Å². The van der Waals surface area contributed by atoms with Crippen LogP contribution in [0.15, 0.2) is 66.3 Å². The number of hydrogen-bond donors (Lipinski definition) is 0. The first-order valence-electron chi connectivity index (χ1n) is 7.62. The highest BCUT2D eigenvalue weighted by molar-refractivity contribution is 5.83. The molecule has 0 aliphatic rings. The van der Waals surface area contributed by atoms with Crippen LogP contribution in [0.2, 0.25) is 0 Å². The van der Waals surface area contributed by atoms with Crippen molar-refractivity contribution >= 4 is 6.21 Å². The number of rotatable bonds is 7. The predicted molar refractivity (Wildman–Crippen MR) is 91.6 cm³/mol. The van der Waals surface area contributed by atoms with Crippen molar-refractivity contribution in [1.29, 1.82) is 0 Å². The van der Waals surface area contributed by atoms with Gasteiger partial charge in [0.1, 0.15) is 37.4 Å². The number of benzene rings is 2. The first-order chi connectivity index (χ1) is 11.8. The smallest absolute Gasteiger partial charge is 0.141 e. The van der Waals surface area contributed by atoms with Gasteiger partial charge in [-0.3, -0.25) is 0 Å². The van der Waals surface area contributed by atoms with Gasteiger partial charge in [0.05, 0.1) is 6.21 Å². The molecule has 0 bridgehead atoms. The Labute approximate surface area is 140 Å². The molecule has 0 aliphatic carbocycles. The summed E-state index contributed by atoms with van der Waals surface area (Å²) in [5.74, 6) is 1.63. The third-order valence-electron chi connectivity index (χ3n) is 3.35. The maximum Gasteiger partial charge on any atom is 0.141 e. The van der Waals surface area contributed by atoms with Gasteiger partial charge in [0.15, 0.2) is 0 Å². The standard InChI is InChI=1S/C18H18N4O2/c1-15-6-2-4-8-17(15)23-10-11-24-18-9-5-3-7-16(18)12-21-22-13-19-20-14-22/h2-9,12-14H,10-11H2,1H3/b21-12+. The Hall–Kier alpha value is -3.15. The second kappa shape index (κ2) is 7.92. The van der Waals surface area contributed by atoms with Crippen molar-refractivity contribution < 1.29 is 9.47 Å². The molecule has 122 valence electrons. The minimum Gasteiger partial charge on any atom is -0.490 e. The molecular weight excluding hydrogens is 304 g/mol. The number of hydrogen-bond acceptors (Lipinski definition) is 5. The summed E-state index contributed by atoms with van der Waals surface area (Å²) in [6.07, 6.45) is 4.76. The van der Waals surface area contributed by atoms with E-state index in [2.05, 4.69) is 15.3 Å². The maximum absolute atomic E-state index is 5.81. The van der Waals surface area contributed by atoms with Crippen molar-refractivity contribution in [1.82, 2.24) is 14.9 Å². The molecular formula is C18H18N4O2. The van der Waals surface area contributed by atoms with E-state index in [1.807, 2.05) is 55.5 Å².